The summed E-state index contributed by atoms with van der Waals surface area (Å²) in [5.41, 5.74) is 4.92. The van der Waals surface area contributed by atoms with E-state index in [0.717, 1.165) is 25.0 Å². The highest BCUT2D eigenvalue weighted by atomic mass is 19.4. The highest BCUT2D eigenvalue weighted by molar-refractivity contribution is 5.91. The maximum Gasteiger partial charge on any atom is 0.417 e. The van der Waals surface area contributed by atoms with Crippen molar-refractivity contribution in [3.05, 3.63) is 23.9 Å². The molecule has 1 aliphatic carbocycles. The number of carbonyl (C=O) groups is 1. The molecule has 4 nitrogen and oxygen atoms in total. The van der Waals surface area contributed by atoms with Crippen LogP contribution in [0, 0.1) is 5.92 Å². The molecule has 0 atom stereocenters. The lowest BCUT2D eigenvalue weighted by Gasteiger charge is -2.24. The van der Waals surface area contributed by atoms with Crippen molar-refractivity contribution in [1.29, 1.82) is 0 Å². The second-order valence-electron chi connectivity index (χ2n) is 5.03. The zero-order valence-corrected chi connectivity index (χ0v) is 10.8. The van der Waals surface area contributed by atoms with Crippen molar-refractivity contribution in [3.8, 4) is 0 Å². The molecule has 1 aromatic rings. The minimum absolute atomic E-state index is 0.137. The van der Waals surface area contributed by atoms with Gasteiger partial charge in [-0.2, -0.15) is 13.2 Å². The van der Waals surface area contributed by atoms with Crippen molar-refractivity contribution in [1.82, 2.24) is 4.98 Å². The third kappa shape index (κ3) is 3.69. The first-order valence-corrected chi connectivity index (χ1v) is 6.46. The Morgan fingerprint density at radius 2 is 1.90 bits per heavy atom. The fourth-order valence-electron chi connectivity index (χ4n) is 2.25. The number of amides is 1. The van der Waals surface area contributed by atoms with Crippen molar-refractivity contribution in [3.63, 3.8) is 0 Å². The molecular weight excluding hydrogens is 271 g/mol. The molecule has 1 aliphatic rings. The molecular formula is C13H16F3N3O. The van der Waals surface area contributed by atoms with Crippen LogP contribution in [-0.2, 0) is 11.0 Å². The number of hydrogen-bond donors (Lipinski definition) is 2. The summed E-state index contributed by atoms with van der Waals surface area (Å²) in [7, 11) is 0. The molecule has 0 unspecified atom stereocenters. The summed E-state index contributed by atoms with van der Waals surface area (Å²) in [5.74, 6) is -0.207. The van der Waals surface area contributed by atoms with E-state index in [2.05, 4.69) is 10.3 Å². The Morgan fingerprint density at radius 1 is 1.25 bits per heavy atom. The molecule has 1 aromatic heterocycles. The molecule has 2 rings (SSSR count). The molecule has 0 radical (unpaired) electrons. The lowest BCUT2D eigenvalue weighted by atomic mass is 9.86. The smallest absolute Gasteiger partial charge is 0.328 e. The zero-order valence-electron chi connectivity index (χ0n) is 10.8. The predicted molar refractivity (Wildman–Crippen MR) is 67.8 cm³/mol. The van der Waals surface area contributed by atoms with Gasteiger partial charge in [0.15, 0.2) is 0 Å². The van der Waals surface area contributed by atoms with E-state index in [9.17, 15) is 18.0 Å². The van der Waals surface area contributed by atoms with Gasteiger partial charge in [0, 0.05) is 18.2 Å². The van der Waals surface area contributed by atoms with Crippen molar-refractivity contribution in [2.75, 3.05) is 5.32 Å². The Morgan fingerprint density at radius 3 is 2.40 bits per heavy atom. The lowest BCUT2D eigenvalue weighted by Crippen LogP contribution is -2.32. The molecule has 1 saturated carbocycles. The van der Waals surface area contributed by atoms with Crippen LogP contribution in [0.15, 0.2) is 18.3 Å². The van der Waals surface area contributed by atoms with Gasteiger partial charge in [-0.1, -0.05) is 0 Å². The van der Waals surface area contributed by atoms with Crippen molar-refractivity contribution in [2.24, 2.45) is 11.7 Å². The predicted octanol–water partition coefficient (Wildman–Crippen LogP) is 2.56. The van der Waals surface area contributed by atoms with Gasteiger partial charge in [-0.05, 0) is 37.8 Å². The highest BCUT2D eigenvalue weighted by Crippen LogP contribution is 2.29. The van der Waals surface area contributed by atoms with Crippen molar-refractivity contribution < 1.29 is 18.0 Å². The summed E-state index contributed by atoms with van der Waals surface area (Å²) in [6.07, 6.45) is -0.722. The van der Waals surface area contributed by atoms with E-state index in [-0.39, 0.29) is 23.7 Å². The van der Waals surface area contributed by atoms with Crippen molar-refractivity contribution >= 4 is 11.7 Å². The summed E-state index contributed by atoms with van der Waals surface area (Å²) in [4.78, 5) is 15.6. The molecule has 0 aromatic carbocycles. The van der Waals surface area contributed by atoms with Gasteiger partial charge in [0.1, 0.15) is 5.82 Å². The molecule has 0 saturated heterocycles. The fraction of sp³-hybridized carbons (Fsp3) is 0.538. The van der Waals surface area contributed by atoms with E-state index in [1.54, 1.807) is 0 Å². The second-order valence-corrected chi connectivity index (χ2v) is 5.03. The number of halogens is 3. The first-order valence-electron chi connectivity index (χ1n) is 6.46. The van der Waals surface area contributed by atoms with Gasteiger partial charge >= 0.3 is 6.18 Å². The highest BCUT2D eigenvalue weighted by Gasteiger charge is 2.31. The molecule has 7 heteroatoms. The van der Waals surface area contributed by atoms with E-state index in [4.69, 9.17) is 5.73 Å². The minimum Gasteiger partial charge on any atom is -0.328 e. The summed E-state index contributed by atoms with van der Waals surface area (Å²) in [6.45, 7) is 0. The quantitative estimate of drug-likeness (QED) is 0.878. The number of pyridine rings is 1. The number of anilines is 1. The first kappa shape index (κ1) is 14.8. The summed E-state index contributed by atoms with van der Waals surface area (Å²) >= 11 is 0. The van der Waals surface area contributed by atoms with Gasteiger partial charge in [-0.15, -0.1) is 0 Å². The number of aromatic nitrogens is 1. The monoisotopic (exact) mass is 287 g/mol. The average molecular weight is 287 g/mol. The molecule has 110 valence electrons. The Kier molecular flexibility index (Phi) is 4.27. The minimum atomic E-state index is -4.42. The molecule has 0 bridgehead atoms. The Balaban J connectivity index is 1.94. The maximum atomic E-state index is 12.4. The maximum absolute atomic E-state index is 12.4. The molecule has 20 heavy (non-hydrogen) atoms. The van der Waals surface area contributed by atoms with E-state index in [1.807, 2.05) is 0 Å². The Bertz CT molecular complexity index is 465. The summed E-state index contributed by atoms with van der Waals surface area (Å²) < 4.78 is 37.1. The molecule has 0 spiro atoms. The third-order valence-electron chi connectivity index (χ3n) is 3.48. The summed E-state index contributed by atoms with van der Waals surface area (Å²) in [5, 5.41) is 2.55. The van der Waals surface area contributed by atoms with E-state index < -0.39 is 11.7 Å². The number of nitrogens with two attached hydrogens (primary N) is 1. The van der Waals surface area contributed by atoms with Crippen LogP contribution in [0.3, 0.4) is 0 Å². The van der Waals surface area contributed by atoms with Crippen LogP contribution >= 0.6 is 0 Å². The molecule has 3 N–H and O–H groups in total. The van der Waals surface area contributed by atoms with Crippen LogP contribution in [0.4, 0.5) is 19.0 Å². The van der Waals surface area contributed by atoms with Gasteiger partial charge in [-0.25, -0.2) is 4.98 Å². The average Bonchev–Trinajstić information content (AvgIpc) is 2.39. The zero-order chi connectivity index (χ0) is 14.8. The van der Waals surface area contributed by atoms with Gasteiger partial charge < -0.3 is 11.1 Å². The number of rotatable bonds is 2. The number of alkyl halides is 3. The molecule has 1 heterocycles. The van der Waals surface area contributed by atoms with Crippen LogP contribution in [0.2, 0.25) is 0 Å². The van der Waals surface area contributed by atoms with Crippen LogP contribution in [0.25, 0.3) is 0 Å². The summed E-state index contributed by atoms with van der Waals surface area (Å²) in [6, 6.07) is 2.21. The van der Waals surface area contributed by atoms with Gasteiger partial charge in [0.05, 0.1) is 5.56 Å². The third-order valence-corrected chi connectivity index (χ3v) is 3.48. The largest absolute Gasteiger partial charge is 0.417 e. The van der Waals surface area contributed by atoms with E-state index in [1.165, 1.54) is 0 Å². The van der Waals surface area contributed by atoms with E-state index >= 15 is 0 Å². The first-order chi connectivity index (χ1) is 9.36. The van der Waals surface area contributed by atoms with Crippen LogP contribution < -0.4 is 11.1 Å². The van der Waals surface area contributed by atoms with Crippen LogP contribution in [0.1, 0.15) is 31.2 Å². The molecule has 1 amide bonds. The Hall–Kier alpha value is -1.63. The van der Waals surface area contributed by atoms with Crippen LogP contribution in [0.5, 0.6) is 0 Å². The number of carbonyl (C=O) groups excluding carboxylic acids is 1. The second kappa shape index (κ2) is 5.78. The van der Waals surface area contributed by atoms with Gasteiger partial charge in [0.2, 0.25) is 5.91 Å². The van der Waals surface area contributed by atoms with Gasteiger partial charge in [0.25, 0.3) is 0 Å². The molecule has 1 fully saturated rings. The molecule has 0 aliphatic heterocycles. The SMILES string of the molecule is NC1CCC(C(=O)Nc2ccc(C(F)(F)F)cn2)CC1. The standard InChI is InChI=1S/C13H16F3N3O/c14-13(15,16)9-3-6-11(18-7-9)19-12(20)8-1-4-10(17)5-2-8/h3,6-8,10H,1-2,4-5,17H2,(H,18,19,20). The number of nitrogens with one attached hydrogen (secondary N) is 1. The lowest BCUT2D eigenvalue weighted by molar-refractivity contribution is -0.137. The van der Waals surface area contributed by atoms with Crippen molar-refractivity contribution in [2.45, 2.75) is 37.9 Å². The fourth-order valence-corrected chi connectivity index (χ4v) is 2.25. The Labute approximate surface area is 114 Å². The van der Waals surface area contributed by atoms with E-state index in [0.29, 0.717) is 19.0 Å². The number of hydrogen-bond acceptors (Lipinski definition) is 3. The van der Waals surface area contributed by atoms with Gasteiger partial charge in [-0.3, -0.25) is 4.79 Å². The number of nitrogens with zero attached hydrogens (tertiary/aromatic N) is 1. The van der Waals surface area contributed by atoms with Crippen LogP contribution in [-0.4, -0.2) is 16.9 Å². The normalized spacial score (nSPS) is 23.4. The topological polar surface area (TPSA) is 68.0 Å².